The zero-order valence-corrected chi connectivity index (χ0v) is 13.3. The van der Waals surface area contributed by atoms with Crippen LogP contribution in [-0.4, -0.2) is 21.1 Å². The van der Waals surface area contributed by atoms with Crippen LogP contribution in [0.2, 0.25) is 0 Å². The zero-order chi connectivity index (χ0) is 17.2. The highest BCUT2D eigenvalue weighted by Crippen LogP contribution is 2.42. The fourth-order valence-corrected chi connectivity index (χ4v) is 3.42. The maximum absolute atomic E-state index is 13.1. The van der Waals surface area contributed by atoms with E-state index in [2.05, 4.69) is 15.3 Å². The number of hydrogen-bond donors (Lipinski definition) is 1. The lowest BCUT2D eigenvalue weighted by Gasteiger charge is -2.11. The highest BCUT2D eigenvalue weighted by molar-refractivity contribution is 5.76. The minimum absolute atomic E-state index is 0.273. The number of nitrogens with zero attached hydrogens (tertiary/aromatic N) is 3. The number of imidazole rings is 1. The molecular formula is C18H15F3N4. The molecule has 128 valence electrons. The third kappa shape index (κ3) is 2.37. The van der Waals surface area contributed by atoms with E-state index in [1.165, 1.54) is 11.6 Å². The van der Waals surface area contributed by atoms with E-state index in [4.69, 9.17) is 0 Å². The summed E-state index contributed by atoms with van der Waals surface area (Å²) in [5, 5.41) is 3.32. The van der Waals surface area contributed by atoms with Crippen molar-refractivity contribution in [1.82, 2.24) is 14.5 Å². The van der Waals surface area contributed by atoms with Crippen LogP contribution in [0.25, 0.3) is 16.9 Å². The van der Waals surface area contributed by atoms with Crippen LogP contribution >= 0.6 is 0 Å². The first kappa shape index (κ1) is 14.7. The third-order valence-electron chi connectivity index (χ3n) is 4.82. The number of nitrogens with one attached hydrogen (secondary N) is 1. The summed E-state index contributed by atoms with van der Waals surface area (Å²) in [6, 6.07) is 8.37. The van der Waals surface area contributed by atoms with Crippen molar-refractivity contribution in [3.63, 3.8) is 0 Å². The normalized spacial score (nSPS) is 16.9. The first-order valence-electron chi connectivity index (χ1n) is 8.34. The second-order valence-electron chi connectivity index (χ2n) is 6.63. The van der Waals surface area contributed by atoms with Gasteiger partial charge in [-0.2, -0.15) is 13.2 Å². The number of hydrogen-bond acceptors (Lipinski definition) is 3. The van der Waals surface area contributed by atoms with Crippen LogP contribution in [0.4, 0.5) is 18.9 Å². The molecule has 0 spiro atoms. The van der Waals surface area contributed by atoms with Gasteiger partial charge in [0, 0.05) is 18.2 Å². The predicted octanol–water partition coefficient (Wildman–Crippen LogP) is 4.28. The molecule has 0 radical (unpaired) electrons. The summed E-state index contributed by atoms with van der Waals surface area (Å²) in [6.45, 7) is 0.884. The summed E-state index contributed by atoms with van der Waals surface area (Å²) in [7, 11) is 0. The molecule has 4 nitrogen and oxygen atoms in total. The van der Waals surface area contributed by atoms with Crippen molar-refractivity contribution in [2.45, 2.75) is 31.4 Å². The van der Waals surface area contributed by atoms with Gasteiger partial charge < -0.3 is 5.32 Å². The second kappa shape index (κ2) is 4.97. The topological polar surface area (TPSA) is 42.7 Å². The number of aromatic nitrogens is 3. The standard InChI is InChI=1S/C18H15F3N4/c19-18(20,21)15-6-5-13-17(24-15)25(16(23-13)11-1-2-11)12-4-3-10-7-8-22-14(10)9-12/h3-6,9,11,22H,1-2,7-8H2. The number of halogens is 3. The van der Waals surface area contributed by atoms with Gasteiger partial charge in [-0.25, -0.2) is 9.97 Å². The Kier molecular flexibility index (Phi) is 2.93. The Bertz CT molecular complexity index is 986. The number of pyridine rings is 1. The summed E-state index contributed by atoms with van der Waals surface area (Å²) in [4.78, 5) is 8.48. The van der Waals surface area contributed by atoms with Gasteiger partial charge in [0.15, 0.2) is 5.65 Å². The molecule has 1 aliphatic carbocycles. The molecule has 1 aromatic carbocycles. The maximum Gasteiger partial charge on any atom is 0.433 e. The van der Waals surface area contributed by atoms with Gasteiger partial charge in [0.05, 0.1) is 5.69 Å². The van der Waals surface area contributed by atoms with Crippen LogP contribution in [0.15, 0.2) is 30.3 Å². The number of fused-ring (bicyclic) bond motifs is 2. The highest BCUT2D eigenvalue weighted by atomic mass is 19.4. The summed E-state index contributed by atoms with van der Waals surface area (Å²) in [6.07, 6.45) is -1.48. The second-order valence-corrected chi connectivity index (χ2v) is 6.63. The maximum atomic E-state index is 13.1. The van der Waals surface area contributed by atoms with Crippen molar-refractivity contribution >= 4 is 16.9 Å². The molecule has 2 aromatic heterocycles. The minimum atomic E-state index is -4.47. The lowest BCUT2D eigenvalue weighted by atomic mass is 10.1. The van der Waals surface area contributed by atoms with Crippen LogP contribution in [0.3, 0.4) is 0 Å². The molecule has 0 bridgehead atoms. The van der Waals surface area contributed by atoms with Gasteiger partial charge in [-0.15, -0.1) is 0 Å². The van der Waals surface area contributed by atoms with Crippen molar-refractivity contribution in [3.8, 4) is 5.69 Å². The molecule has 1 aliphatic heterocycles. The fraction of sp³-hybridized carbons (Fsp3) is 0.333. The Hall–Kier alpha value is -2.57. The Labute approximate surface area is 141 Å². The third-order valence-corrected chi connectivity index (χ3v) is 4.82. The predicted molar refractivity (Wildman–Crippen MR) is 88.0 cm³/mol. The van der Waals surface area contributed by atoms with Gasteiger partial charge in [-0.1, -0.05) is 6.07 Å². The number of alkyl halides is 3. The molecular weight excluding hydrogens is 329 g/mol. The Morgan fingerprint density at radius 1 is 1.08 bits per heavy atom. The van der Waals surface area contributed by atoms with Gasteiger partial charge >= 0.3 is 6.18 Å². The molecule has 1 fully saturated rings. The first-order chi connectivity index (χ1) is 12.0. The highest BCUT2D eigenvalue weighted by Gasteiger charge is 2.35. The lowest BCUT2D eigenvalue weighted by Crippen LogP contribution is -2.09. The van der Waals surface area contributed by atoms with E-state index in [1.807, 2.05) is 18.2 Å². The first-order valence-corrected chi connectivity index (χ1v) is 8.34. The molecule has 5 rings (SSSR count). The number of anilines is 1. The summed E-state index contributed by atoms with van der Waals surface area (Å²) >= 11 is 0. The molecule has 0 amide bonds. The molecule has 0 saturated heterocycles. The van der Waals surface area contributed by atoms with E-state index in [-0.39, 0.29) is 5.65 Å². The fourth-order valence-electron chi connectivity index (χ4n) is 3.42. The number of rotatable bonds is 2. The van der Waals surface area contributed by atoms with E-state index in [0.717, 1.165) is 49.1 Å². The summed E-state index contributed by atoms with van der Waals surface area (Å²) < 4.78 is 41.1. The molecule has 1 N–H and O–H groups in total. The Morgan fingerprint density at radius 3 is 2.68 bits per heavy atom. The molecule has 2 aliphatic rings. The summed E-state index contributed by atoms with van der Waals surface area (Å²) in [5.41, 5.74) is 2.96. The van der Waals surface area contributed by atoms with Crippen molar-refractivity contribution in [2.75, 3.05) is 11.9 Å². The van der Waals surface area contributed by atoms with E-state index in [1.54, 1.807) is 4.57 Å². The van der Waals surface area contributed by atoms with Crippen LogP contribution in [0.1, 0.15) is 35.8 Å². The average Bonchev–Trinajstić information content (AvgIpc) is 3.19. The van der Waals surface area contributed by atoms with E-state index in [0.29, 0.717) is 11.4 Å². The molecule has 25 heavy (non-hydrogen) atoms. The van der Waals surface area contributed by atoms with Gasteiger partial charge in [0.1, 0.15) is 17.0 Å². The van der Waals surface area contributed by atoms with E-state index in [9.17, 15) is 13.2 Å². The Balaban J connectivity index is 1.75. The van der Waals surface area contributed by atoms with Crippen molar-refractivity contribution in [1.29, 1.82) is 0 Å². The van der Waals surface area contributed by atoms with E-state index < -0.39 is 11.9 Å². The average molecular weight is 344 g/mol. The van der Waals surface area contributed by atoms with E-state index >= 15 is 0 Å². The van der Waals surface area contributed by atoms with Gasteiger partial charge in [-0.05, 0) is 49.1 Å². The van der Waals surface area contributed by atoms with Gasteiger partial charge in [0.2, 0.25) is 0 Å². The van der Waals surface area contributed by atoms with Gasteiger partial charge in [0.25, 0.3) is 0 Å². The molecule has 7 heteroatoms. The van der Waals surface area contributed by atoms with Crippen LogP contribution in [0.5, 0.6) is 0 Å². The monoisotopic (exact) mass is 344 g/mol. The molecule has 3 heterocycles. The van der Waals surface area contributed by atoms with Crippen LogP contribution in [-0.2, 0) is 12.6 Å². The van der Waals surface area contributed by atoms with Crippen LogP contribution in [0, 0.1) is 0 Å². The summed E-state index contributed by atoms with van der Waals surface area (Å²) in [5.74, 6) is 1.10. The number of benzene rings is 1. The molecule has 1 saturated carbocycles. The van der Waals surface area contributed by atoms with Crippen molar-refractivity contribution < 1.29 is 13.2 Å². The quantitative estimate of drug-likeness (QED) is 0.754. The van der Waals surface area contributed by atoms with Crippen molar-refractivity contribution in [3.05, 3.63) is 47.4 Å². The molecule has 0 atom stereocenters. The zero-order valence-electron chi connectivity index (χ0n) is 13.3. The smallest absolute Gasteiger partial charge is 0.384 e. The SMILES string of the molecule is FC(F)(F)c1ccc2nc(C3CC3)n(-c3ccc4c(c3)NCC4)c2n1. The largest absolute Gasteiger partial charge is 0.433 e. The van der Waals surface area contributed by atoms with Gasteiger partial charge in [-0.3, -0.25) is 4.57 Å². The Morgan fingerprint density at radius 2 is 1.92 bits per heavy atom. The molecule has 3 aromatic rings. The minimum Gasteiger partial charge on any atom is -0.384 e. The lowest BCUT2D eigenvalue weighted by molar-refractivity contribution is -0.141. The van der Waals surface area contributed by atoms with Crippen molar-refractivity contribution in [2.24, 2.45) is 0 Å². The van der Waals surface area contributed by atoms with Crippen LogP contribution < -0.4 is 5.32 Å². The molecule has 0 unspecified atom stereocenters.